The van der Waals surface area contributed by atoms with Crippen LogP contribution in [0.15, 0.2) is 53.4 Å². The van der Waals surface area contributed by atoms with Crippen LogP contribution in [0, 0.1) is 13.8 Å². The lowest BCUT2D eigenvalue weighted by Crippen LogP contribution is -2.43. The Morgan fingerprint density at radius 3 is 2.59 bits per heavy atom. The van der Waals surface area contributed by atoms with Crippen LogP contribution in [0.25, 0.3) is 10.2 Å². The molecule has 41 heavy (non-hydrogen) atoms. The summed E-state index contributed by atoms with van der Waals surface area (Å²) in [4.78, 5) is 20.7. The number of aromatic nitrogens is 3. The van der Waals surface area contributed by atoms with Gasteiger partial charge in [-0.15, -0.1) is 0 Å². The van der Waals surface area contributed by atoms with E-state index in [9.17, 15) is 13.2 Å². The van der Waals surface area contributed by atoms with Gasteiger partial charge in [-0.3, -0.25) is 14.4 Å². The van der Waals surface area contributed by atoms with Crippen molar-refractivity contribution in [2.24, 2.45) is 0 Å². The quantitative estimate of drug-likeness (QED) is 0.230. The number of rotatable bonds is 10. The second kappa shape index (κ2) is 12.3. The van der Waals surface area contributed by atoms with Gasteiger partial charge in [-0.1, -0.05) is 30.7 Å². The Balaban J connectivity index is 1.46. The average Bonchev–Trinajstić information content (AvgIpc) is 3.55. The summed E-state index contributed by atoms with van der Waals surface area (Å²) in [6.45, 7) is 9.76. The lowest BCUT2D eigenvalue weighted by Gasteiger charge is -2.34. The zero-order valence-electron chi connectivity index (χ0n) is 24.0. The minimum absolute atomic E-state index is 0.0144. The van der Waals surface area contributed by atoms with Gasteiger partial charge in [0.2, 0.25) is 10.0 Å². The standard InChI is InChI=1S/C30H37N5O4S2/c1-5-24-10-7-8-17-35(24)41(37,38)25-15-13-23(14-16-25)29(36)33(18-19-34-22(4)20-21(3)32-34)30-31-28-26(39-6-2)11-9-12-27(28)40-30/h9,11-16,20,24H,5-8,10,17-19H2,1-4H3. The number of carbonyl (C=O) groups is 1. The van der Waals surface area contributed by atoms with E-state index >= 15 is 0 Å². The number of carbonyl (C=O) groups excluding carboxylic acids is 1. The summed E-state index contributed by atoms with van der Waals surface area (Å²) in [5.74, 6) is 0.424. The highest BCUT2D eigenvalue weighted by atomic mass is 32.2. The van der Waals surface area contributed by atoms with Gasteiger partial charge in [-0.05, 0) is 82.5 Å². The zero-order chi connectivity index (χ0) is 29.1. The number of nitrogens with zero attached hydrogens (tertiary/aromatic N) is 5. The SMILES string of the molecule is CCOc1cccc2sc(N(CCn3nc(C)cc3C)C(=O)c3ccc(S(=O)(=O)N4CCCCC4CC)cc3)nc12. The zero-order valence-corrected chi connectivity index (χ0v) is 25.7. The van der Waals surface area contributed by atoms with E-state index in [0.717, 1.165) is 41.8 Å². The van der Waals surface area contributed by atoms with Crippen molar-refractivity contribution in [1.29, 1.82) is 0 Å². The first-order valence-corrected chi connectivity index (χ1v) is 16.5. The first-order valence-electron chi connectivity index (χ1n) is 14.2. The van der Waals surface area contributed by atoms with Crippen molar-refractivity contribution in [1.82, 2.24) is 19.1 Å². The molecular weight excluding hydrogens is 558 g/mol. The van der Waals surface area contributed by atoms with Gasteiger partial charge < -0.3 is 4.74 Å². The maximum Gasteiger partial charge on any atom is 0.260 e. The van der Waals surface area contributed by atoms with Gasteiger partial charge in [0.1, 0.15) is 11.3 Å². The van der Waals surface area contributed by atoms with Gasteiger partial charge in [0, 0.05) is 30.4 Å². The molecule has 1 fully saturated rings. The molecule has 5 rings (SSSR count). The molecule has 2 aromatic carbocycles. The number of hydrogen-bond donors (Lipinski definition) is 0. The number of aryl methyl sites for hydroxylation is 2. The smallest absolute Gasteiger partial charge is 0.260 e. The Hall–Kier alpha value is -3.28. The molecular formula is C30H37N5O4S2. The van der Waals surface area contributed by atoms with Crippen molar-refractivity contribution in [2.45, 2.75) is 70.9 Å². The molecule has 0 N–H and O–H groups in total. The van der Waals surface area contributed by atoms with Crippen LogP contribution in [0.5, 0.6) is 5.75 Å². The molecule has 0 bridgehead atoms. The minimum Gasteiger partial charge on any atom is -0.492 e. The lowest BCUT2D eigenvalue weighted by molar-refractivity contribution is 0.0985. The second-order valence-electron chi connectivity index (χ2n) is 10.3. The first-order chi connectivity index (χ1) is 19.7. The molecule has 218 valence electrons. The van der Waals surface area contributed by atoms with E-state index in [0.29, 0.717) is 48.2 Å². The fraction of sp³-hybridized carbons (Fsp3) is 0.433. The van der Waals surface area contributed by atoms with Crippen LogP contribution in [0.4, 0.5) is 5.13 Å². The number of para-hydroxylation sites is 1. The fourth-order valence-electron chi connectivity index (χ4n) is 5.44. The van der Waals surface area contributed by atoms with E-state index in [2.05, 4.69) is 5.10 Å². The Kier molecular flexibility index (Phi) is 8.77. The summed E-state index contributed by atoms with van der Waals surface area (Å²) in [6, 6.07) is 14.1. The highest BCUT2D eigenvalue weighted by Crippen LogP contribution is 2.35. The van der Waals surface area contributed by atoms with Crippen LogP contribution in [0.3, 0.4) is 0 Å². The maximum atomic E-state index is 14.0. The van der Waals surface area contributed by atoms with Crippen LogP contribution < -0.4 is 9.64 Å². The largest absolute Gasteiger partial charge is 0.492 e. The first kappa shape index (κ1) is 29.2. The summed E-state index contributed by atoms with van der Waals surface area (Å²) in [5, 5.41) is 5.11. The molecule has 0 radical (unpaired) electrons. The third-order valence-electron chi connectivity index (χ3n) is 7.54. The van der Waals surface area contributed by atoms with Crippen LogP contribution in [-0.2, 0) is 16.6 Å². The van der Waals surface area contributed by atoms with Crippen molar-refractivity contribution < 1.29 is 17.9 Å². The highest BCUT2D eigenvalue weighted by molar-refractivity contribution is 7.89. The third kappa shape index (κ3) is 6.02. The summed E-state index contributed by atoms with van der Waals surface area (Å²) in [7, 11) is -3.64. The van der Waals surface area contributed by atoms with Crippen LogP contribution in [-0.4, -0.2) is 59.1 Å². The second-order valence-corrected chi connectivity index (χ2v) is 13.2. The number of benzene rings is 2. The summed E-state index contributed by atoms with van der Waals surface area (Å²) >= 11 is 1.42. The summed E-state index contributed by atoms with van der Waals surface area (Å²) < 4.78 is 37.2. The molecule has 2 aromatic heterocycles. The topological polar surface area (TPSA) is 97.6 Å². The van der Waals surface area contributed by atoms with Gasteiger partial charge in [-0.25, -0.2) is 13.4 Å². The normalized spacial score (nSPS) is 16.2. The van der Waals surface area contributed by atoms with Crippen molar-refractivity contribution in [3.63, 3.8) is 0 Å². The highest BCUT2D eigenvalue weighted by Gasteiger charge is 2.33. The van der Waals surface area contributed by atoms with Crippen molar-refractivity contribution in [2.75, 3.05) is 24.6 Å². The summed E-state index contributed by atoms with van der Waals surface area (Å²) in [5.41, 5.74) is 3.03. The maximum absolute atomic E-state index is 14.0. The number of ether oxygens (including phenoxy) is 1. The third-order valence-corrected chi connectivity index (χ3v) is 10.5. The fourth-order valence-corrected chi connectivity index (χ4v) is 8.21. The monoisotopic (exact) mass is 595 g/mol. The number of amides is 1. The Morgan fingerprint density at radius 2 is 1.90 bits per heavy atom. The molecule has 4 aromatic rings. The summed E-state index contributed by atoms with van der Waals surface area (Å²) in [6.07, 6.45) is 3.57. The molecule has 1 unspecified atom stereocenters. The Bertz CT molecular complexity index is 1630. The lowest BCUT2D eigenvalue weighted by atomic mass is 10.0. The molecule has 1 atom stereocenters. The number of anilines is 1. The van der Waals surface area contributed by atoms with Crippen molar-refractivity contribution in [3.8, 4) is 5.75 Å². The number of sulfonamides is 1. The number of fused-ring (bicyclic) bond motifs is 1. The molecule has 0 saturated carbocycles. The van der Waals surface area contributed by atoms with E-state index in [4.69, 9.17) is 9.72 Å². The van der Waals surface area contributed by atoms with Gasteiger partial charge >= 0.3 is 0 Å². The molecule has 3 heterocycles. The van der Waals surface area contributed by atoms with Crippen LogP contribution in [0.2, 0.25) is 0 Å². The molecule has 0 aliphatic carbocycles. The number of hydrogen-bond acceptors (Lipinski definition) is 7. The van der Waals surface area contributed by atoms with E-state index in [-0.39, 0.29) is 16.8 Å². The molecule has 1 amide bonds. The van der Waals surface area contributed by atoms with Crippen LogP contribution in [0.1, 0.15) is 61.3 Å². The molecule has 1 aliphatic rings. The molecule has 0 spiro atoms. The molecule has 1 aliphatic heterocycles. The minimum atomic E-state index is -3.64. The molecule has 11 heteroatoms. The van der Waals surface area contributed by atoms with E-state index in [1.165, 1.54) is 11.3 Å². The van der Waals surface area contributed by atoms with Crippen molar-refractivity contribution in [3.05, 3.63) is 65.5 Å². The predicted molar refractivity (Wildman–Crippen MR) is 162 cm³/mol. The van der Waals surface area contributed by atoms with E-state index < -0.39 is 10.0 Å². The van der Waals surface area contributed by atoms with Gasteiger partial charge in [-0.2, -0.15) is 9.40 Å². The Labute approximate surface area is 245 Å². The average molecular weight is 596 g/mol. The van der Waals surface area contributed by atoms with Gasteiger partial charge in [0.05, 0.1) is 28.4 Å². The van der Waals surface area contributed by atoms with Crippen molar-refractivity contribution >= 4 is 42.6 Å². The molecule has 9 nitrogen and oxygen atoms in total. The predicted octanol–water partition coefficient (Wildman–Crippen LogP) is 5.81. The van der Waals surface area contributed by atoms with E-state index in [1.54, 1.807) is 33.5 Å². The Morgan fingerprint density at radius 1 is 1.12 bits per heavy atom. The van der Waals surface area contributed by atoms with Gasteiger partial charge in [0.25, 0.3) is 5.91 Å². The molecule has 1 saturated heterocycles. The van der Waals surface area contributed by atoms with Gasteiger partial charge in [0.15, 0.2) is 5.13 Å². The van der Waals surface area contributed by atoms with E-state index in [1.807, 2.05) is 56.6 Å². The number of thiazole rings is 1. The van der Waals surface area contributed by atoms with Crippen LogP contribution >= 0.6 is 11.3 Å². The number of piperidine rings is 1.